The fraction of sp³-hybridized carbons (Fsp3) is 0.0667. The maximum Gasteiger partial charge on any atom is 0.416 e. The van der Waals surface area contributed by atoms with E-state index in [1.807, 2.05) is 0 Å². The summed E-state index contributed by atoms with van der Waals surface area (Å²) in [4.78, 5) is 30.1. The van der Waals surface area contributed by atoms with E-state index in [0.717, 1.165) is 22.9 Å². The van der Waals surface area contributed by atoms with Crippen molar-refractivity contribution in [1.29, 1.82) is 0 Å². The summed E-state index contributed by atoms with van der Waals surface area (Å²) in [5.74, 6) is -1.02. The van der Waals surface area contributed by atoms with Crippen LogP contribution in [0.15, 0.2) is 99.3 Å². The zero-order valence-electron chi connectivity index (χ0n) is 21.7. The summed E-state index contributed by atoms with van der Waals surface area (Å²) in [7, 11) is 0. The highest BCUT2D eigenvalue weighted by atomic mass is 79.9. The van der Waals surface area contributed by atoms with Crippen LogP contribution in [-0.2, 0) is 11.0 Å². The van der Waals surface area contributed by atoms with Gasteiger partial charge in [-0.05, 0) is 76.1 Å². The van der Waals surface area contributed by atoms with Gasteiger partial charge in [0.15, 0.2) is 18.2 Å². The second kappa shape index (κ2) is 12.4. The number of ether oxygens (including phenoxy) is 1. The van der Waals surface area contributed by atoms with Gasteiger partial charge in [-0.2, -0.15) is 22.9 Å². The first-order valence-electron chi connectivity index (χ1n) is 12.4. The van der Waals surface area contributed by atoms with Crippen molar-refractivity contribution in [3.63, 3.8) is 0 Å². The standard InChI is InChI=1S/C30H18BrClF4N4O3/c31-23-11-17(12-24(32)27(23)43-16-26(41)38-21-8-4-7-20(33)14-21)15-37-40-28(18-5-3-6-19(13-18)30(34,35)36)39-25-10-2-1-9-22(25)29(40)42/h1-15H,16H2,(H,38,41). The van der Waals surface area contributed by atoms with Gasteiger partial charge in [0.1, 0.15) is 5.82 Å². The molecule has 0 atom stereocenters. The molecule has 0 fully saturated rings. The number of nitrogens with zero attached hydrogens (tertiary/aromatic N) is 3. The number of halogens is 6. The Kier molecular flexibility index (Phi) is 8.60. The highest BCUT2D eigenvalue weighted by Gasteiger charge is 2.31. The van der Waals surface area contributed by atoms with Crippen LogP contribution in [0.5, 0.6) is 5.75 Å². The Bertz CT molecular complexity index is 1920. The molecular weight excluding hydrogens is 656 g/mol. The van der Waals surface area contributed by atoms with Gasteiger partial charge < -0.3 is 10.1 Å². The molecule has 0 unspecified atom stereocenters. The fourth-order valence-electron chi connectivity index (χ4n) is 4.07. The largest absolute Gasteiger partial charge is 0.481 e. The molecular formula is C30H18BrClF4N4O3. The lowest BCUT2D eigenvalue weighted by Gasteiger charge is -2.13. The molecule has 0 aliphatic rings. The summed E-state index contributed by atoms with van der Waals surface area (Å²) >= 11 is 9.73. The Hall–Kier alpha value is -4.55. The van der Waals surface area contributed by atoms with E-state index in [-0.39, 0.29) is 33.2 Å². The lowest BCUT2D eigenvalue weighted by Crippen LogP contribution is -2.20. The summed E-state index contributed by atoms with van der Waals surface area (Å²) < 4.78 is 60.4. The number of para-hydroxylation sites is 1. The van der Waals surface area contributed by atoms with Gasteiger partial charge in [0.25, 0.3) is 11.5 Å². The number of carbonyl (C=O) groups is 1. The van der Waals surface area contributed by atoms with Crippen LogP contribution in [0, 0.1) is 5.82 Å². The first kappa shape index (κ1) is 29.9. The number of hydrogen-bond acceptors (Lipinski definition) is 5. The van der Waals surface area contributed by atoms with E-state index in [1.165, 1.54) is 48.7 Å². The molecule has 7 nitrogen and oxygen atoms in total. The molecule has 0 aliphatic heterocycles. The molecule has 0 spiro atoms. The number of benzene rings is 4. The molecule has 0 saturated carbocycles. The minimum absolute atomic E-state index is 0.0364. The molecule has 13 heteroatoms. The molecule has 5 rings (SSSR count). The summed E-state index contributed by atoms with van der Waals surface area (Å²) in [6.07, 6.45) is -3.32. The lowest BCUT2D eigenvalue weighted by atomic mass is 10.1. The first-order valence-corrected chi connectivity index (χ1v) is 13.6. The van der Waals surface area contributed by atoms with Gasteiger partial charge >= 0.3 is 6.18 Å². The lowest BCUT2D eigenvalue weighted by molar-refractivity contribution is -0.137. The zero-order chi connectivity index (χ0) is 30.7. The molecule has 0 bridgehead atoms. The first-order chi connectivity index (χ1) is 20.5. The van der Waals surface area contributed by atoms with Gasteiger partial charge in [0.2, 0.25) is 0 Å². The average Bonchev–Trinajstić information content (AvgIpc) is 2.96. The van der Waals surface area contributed by atoms with Crippen LogP contribution in [0.4, 0.5) is 23.2 Å². The van der Waals surface area contributed by atoms with E-state index < -0.39 is 35.6 Å². The SMILES string of the molecule is O=C(COc1c(Cl)cc(C=Nn2c(-c3cccc(C(F)(F)F)c3)nc3ccccc3c2=O)cc1Br)Nc1cccc(F)c1. The molecule has 0 aliphatic carbocycles. The molecule has 1 amide bonds. The van der Waals surface area contributed by atoms with E-state index in [4.69, 9.17) is 16.3 Å². The van der Waals surface area contributed by atoms with E-state index in [0.29, 0.717) is 15.6 Å². The molecule has 0 saturated heterocycles. The third kappa shape index (κ3) is 6.92. The third-order valence-electron chi connectivity index (χ3n) is 6.00. The van der Waals surface area contributed by atoms with Crippen LogP contribution in [0.1, 0.15) is 11.1 Å². The minimum Gasteiger partial charge on any atom is -0.481 e. The van der Waals surface area contributed by atoms with Crippen LogP contribution in [0.25, 0.3) is 22.3 Å². The Balaban J connectivity index is 1.44. The second-order valence-corrected chi connectivity index (χ2v) is 10.3. The monoisotopic (exact) mass is 672 g/mol. The van der Waals surface area contributed by atoms with Crippen LogP contribution in [0.3, 0.4) is 0 Å². The molecule has 43 heavy (non-hydrogen) atoms. The van der Waals surface area contributed by atoms with Gasteiger partial charge in [-0.25, -0.2) is 9.37 Å². The molecule has 4 aromatic carbocycles. The predicted molar refractivity (Wildman–Crippen MR) is 159 cm³/mol. The summed E-state index contributed by atoms with van der Waals surface area (Å²) in [6.45, 7) is -0.430. The van der Waals surface area contributed by atoms with Gasteiger partial charge in [0.05, 0.1) is 32.2 Å². The van der Waals surface area contributed by atoms with Gasteiger partial charge in [-0.15, -0.1) is 0 Å². The van der Waals surface area contributed by atoms with Crippen molar-refractivity contribution >= 4 is 56.2 Å². The normalized spacial score (nSPS) is 11.7. The second-order valence-electron chi connectivity index (χ2n) is 9.05. The Labute approximate surface area is 254 Å². The number of hydrogen-bond donors (Lipinski definition) is 1. The fourth-order valence-corrected chi connectivity index (χ4v) is 5.06. The van der Waals surface area contributed by atoms with Crippen molar-refractivity contribution in [1.82, 2.24) is 9.66 Å². The van der Waals surface area contributed by atoms with Crippen molar-refractivity contribution in [2.24, 2.45) is 5.10 Å². The molecule has 5 aromatic rings. The summed E-state index contributed by atoms with van der Waals surface area (Å²) in [5.41, 5.74) is -0.520. The Morgan fingerprint density at radius 1 is 1.05 bits per heavy atom. The maximum atomic E-state index is 13.4. The summed E-state index contributed by atoms with van der Waals surface area (Å²) in [6, 6.07) is 19.2. The van der Waals surface area contributed by atoms with Crippen molar-refractivity contribution < 1.29 is 27.1 Å². The number of aromatic nitrogens is 2. The van der Waals surface area contributed by atoms with E-state index in [9.17, 15) is 27.2 Å². The van der Waals surface area contributed by atoms with Crippen LogP contribution in [0.2, 0.25) is 5.02 Å². The van der Waals surface area contributed by atoms with E-state index in [2.05, 4.69) is 31.3 Å². The smallest absolute Gasteiger partial charge is 0.416 e. The molecule has 1 heterocycles. The Morgan fingerprint density at radius 2 is 1.81 bits per heavy atom. The van der Waals surface area contributed by atoms with Gasteiger partial charge in [0, 0.05) is 11.3 Å². The van der Waals surface area contributed by atoms with Crippen molar-refractivity contribution in [2.45, 2.75) is 6.18 Å². The Morgan fingerprint density at radius 3 is 2.56 bits per heavy atom. The zero-order valence-corrected chi connectivity index (χ0v) is 24.0. The van der Waals surface area contributed by atoms with Crippen molar-refractivity contribution in [3.05, 3.63) is 122 Å². The predicted octanol–water partition coefficient (Wildman–Crippen LogP) is 7.54. The number of fused-ring (bicyclic) bond motifs is 1. The summed E-state index contributed by atoms with van der Waals surface area (Å²) in [5, 5.41) is 7.07. The van der Waals surface area contributed by atoms with Gasteiger partial charge in [-0.1, -0.05) is 41.9 Å². The number of rotatable bonds is 7. The molecule has 1 aromatic heterocycles. The van der Waals surface area contributed by atoms with E-state index >= 15 is 0 Å². The maximum absolute atomic E-state index is 13.4. The molecule has 1 N–H and O–H groups in total. The average molecular weight is 674 g/mol. The number of nitrogens with one attached hydrogen (secondary N) is 1. The van der Waals surface area contributed by atoms with Crippen LogP contribution < -0.4 is 15.6 Å². The highest BCUT2D eigenvalue weighted by Crippen LogP contribution is 2.35. The van der Waals surface area contributed by atoms with Crippen molar-refractivity contribution in [2.75, 3.05) is 11.9 Å². The van der Waals surface area contributed by atoms with E-state index in [1.54, 1.807) is 24.3 Å². The highest BCUT2D eigenvalue weighted by molar-refractivity contribution is 9.10. The number of amides is 1. The topological polar surface area (TPSA) is 85.6 Å². The molecule has 218 valence electrons. The number of alkyl halides is 3. The minimum atomic E-state index is -4.60. The third-order valence-corrected chi connectivity index (χ3v) is 6.87. The number of carbonyl (C=O) groups excluding carboxylic acids is 1. The van der Waals surface area contributed by atoms with Gasteiger partial charge in [-0.3, -0.25) is 9.59 Å². The van der Waals surface area contributed by atoms with Crippen molar-refractivity contribution in [3.8, 4) is 17.1 Å². The molecule has 0 radical (unpaired) electrons. The van der Waals surface area contributed by atoms with Crippen LogP contribution >= 0.6 is 27.5 Å². The quantitative estimate of drug-likeness (QED) is 0.143. The van der Waals surface area contributed by atoms with Crippen LogP contribution in [-0.4, -0.2) is 28.4 Å². The number of anilines is 1.